The largest absolute Gasteiger partial charge is 0.481 e. The van der Waals surface area contributed by atoms with E-state index in [1.807, 2.05) is 11.9 Å². The second-order valence-electron chi connectivity index (χ2n) is 4.01. The number of aliphatic carboxylic acids is 1. The van der Waals surface area contributed by atoms with E-state index in [-0.39, 0.29) is 24.0 Å². The number of nitrogens with zero attached hydrogens (tertiary/aromatic N) is 1. The first-order valence-electron chi connectivity index (χ1n) is 5.11. The molecule has 1 aliphatic heterocycles. The Bertz CT molecular complexity index is 340. The Labute approximate surface area is 95.1 Å². The fraction of sp³-hybridized carbons (Fsp3) is 0.889. The number of hydrogen-bond acceptors (Lipinski definition) is 5. The van der Waals surface area contributed by atoms with Crippen molar-refractivity contribution in [1.29, 1.82) is 0 Å². The van der Waals surface area contributed by atoms with Crippen molar-refractivity contribution >= 4 is 15.8 Å². The van der Waals surface area contributed by atoms with Crippen LogP contribution in [0.15, 0.2) is 0 Å². The van der Waals surface area contributed by atoms with Gasteiger partial charge in [0.2, 0.25) is 0 Å². The molecule has 0 amide bonds. The highest BCUT2D eigenvalue weighted by molar-refractivity contribution is 7.91. The van der Waals surface area contributed by atoms with Crippen molar-refractivity contribution in [3.8, 4) is 0 Å². The number of ether oxygens (including phenoxy) is 1. The summed E-state index contributed by atoms with van der Waals surface area (Å²) in [5.74, 6) is -1.50. The Balaban J connectivity index is 2.42. The van der Waals surface area contributed by atoms with E-state index >= 15 is 0 Å². The highest BCUT2D eigenvalue weighted by Crippen LogP contribution is 2.07. The van der Waals surface area contributed by atoms with Gasteiger partial charge in [0.1, 0.15) is 0 Å². The van der Waals surface area contributed by atoms with E-state index in [1.165, 1.54) is 0 Å². The second kappa shape index (κ2) is 5.60. The van der Waals surface area contributed by atoms with Crippen LogP contribution in [0.25, 0.3) is 0 Å². The molecule has 1 N–H and O–H groups in total. The van der Waals surface area contributed by atoms with Crippen LogP contribution in [0.4, 0.5) is 0 Å². The van der Waals surface area contributed by atoms with Crippen molar-refractivity contribution in [3.05, 3.63) is 0 Å². The molecule has 0 aromatic carbocycles. The summed E-state index contributed by atoms with van der Waals surface area (Å²) in [5, 5.41) is 8.42. The summed E-state index contributed by atoms with van der Waals surface area (Å²) in [4.78, 5) is 12.3. The molecule has 16 heavy (non-hydrogen) atoms. The van der Waals surface area contributed by atoms with Crippen LogP contribution in [0.2, 0.25) is 0 Å². The maximum absolute atomic E-state index is 11.5. The lowest BCUT2D eigenvalue weighted by molar-refractivity contribution is -0.136. The van der Waals surface area contributed by atoms with E-state index in [9.17, 15) is 13.2 Å². The molecule has 0 aliphatic carbocycles. The molecular formula is C9H17NO5S. The third-order valence-electron chi connectivity index (χ3n) is 2.41. The van der Waals surface area contributed by atoms with Crippen LogP contribution >= 0.6 is 0 Å². The summed E-state index contributed by atoms with van der Waals surface area (Å²) in [5.41, 5.74) is 0. The molecule has 1 unspecified atom stereocenters. The van der Waals surface area contributed by atoms with Crippen molar-refractivity contribution in [2.45, 2.75) is 12.5 Å². The predicted molar refractivity (Wildman–Crippen MR) is 58.1 cm³/mol. The van der Waals surface area contributed by atoms with Gasteiger partial charge in [-0.1, -0.05) is 0 Å². The van der Waals surface area contributed by atoms with Crippen LogP contribution in [0, 0.1) is 0 Å². The van der Waals surface area contributed by atoms with Crippen molar-refractivity contribution in [2.75, 3.05) is 38.2 Å². The third kappa shape index (κ3) is 4.91. The minimum Gasteiger partial charge on any atom is -0.481 e. The lowest BCUT2D eigenvalue weighted by Gasteiger charge is -2.29. The Morgan fingerprint density at radius 2 is 2.25 bits per heavy atom. The minimum absolute atomic E-state index is 0.0926. The summed E-state index contributed by atoms with van der Waals surface area (Å²) in [6.07, 6.45) is -0.678. The zero-order valence-corrected chi connectivity index (χ0v) is 10.1. The Hall–Kier alpha value is -0.660. The van der Waals surface area contributed by atoms with Crippen molar-refractivity contribution < 1.29 is 23.1 Å². The quantitative estimate of drug-likeness (QED) is 0.689. The van der Waals surface area contributed by atoms with E-state index in [2.05, 4.69) is 0 Å². The average Bonchev–Trinajstić information content (AvgIpc) is 2.14. The number of rotatable bonds is 5. The smallest absolute Gasteiger partial charge is 0.304 e. The monoisotopic (exact) mass is 251 g/mol. The van der Waals surface area contributed by atoms with E-state index in [0.717, 1.165) is 6.54 Å². The Morgan fingerprint density at radius 3 is 2.81 bits per heavy atom. The molecule has 1 saturated heterocycles. The number of morpholine rings is 1. The molecule has 1 fully saturated rings. The Kier molecular flexibility index (Phi) is 4.69. The van der Waals surface area contributed by atoms with Crippen LogP contribution in [0.1, 0.15) is 6.42 Å². The van der Waals surface area contributed by atoms with Gasteiger partial charge in [-0.25, -0.2) is 8.42 Å². The number of carbonyl (C=O) groups is 1. The lowest BCUT2D eigenvalue weighted by atomic mass is 10.3. The average molecular weight is 251 g/mol. The zero-order chi connectivity index (χ0) is 12.2. The van der Waals surface area contributed by atoms with Gasteiger partial charge in [-0.15, -0.1) is 0 Å². The first-order valence-corrected chi connectivity index (χ1v) is 6.93. The first-order chi connectivity index (χ1) is 7.39. The van der Waals surface area contributed by atoms with E-state index in [4.69, 9.17) is 9.84 Å². The standard InChI is InChI=1S/C9H17NO5S/c1-10-3-4-15-8(6-10)7-16(13,14)5-2-9(11)12/h8H,2-7H2,1H3,(H,11,12). The molecule has 1 aliphatic rings. The summed E-state index contributed by atoms with van der Waals surface area (Å²) in [6, 6.07) is 0. The molecule has 0 radical (unpaired) electrons. The van der Waals surface area contributed by atoms with Crippen LogP contribution in [-0.2, 0) is 19.4 Å². The van der Waals surface area contributed by atoms with Gasteiger partial charge in [0.15, 0.2) is 9.84 Å². The van der Waals surface area contributed by atoms with Crippen molar-refractivity contribution in [1.82, 2.24) is 4.90 Å². The fourth-order valence-corrected chi connectivity index (χ4v) is 3.00. The van der Waals surface area contributed by atoms with Gasteiger partial charge in [-0.2, -0.15) is 0 Å². The third-order valence-corrected chi connectivity index (χ3v) is 4.11. The van der Waals surface area contributed by atoms with Crippen molar-refractivity contribution in [3.63, 3.8) is 0 Å². The fourth-order valence-electron chi connectivity index (χ4n) is 1.58. The lowest BCUT2D eigenvalue weighted by Crippen LogP contribution is -2.43. The molecule has 0 saturated carbocycles. The first kappa shape index (κ1) is 13.4. The highest BCUT2D eigenvalue weighted by atomic mass is 32.2. The van der Waals surface area contributed by atoms with Crippen LogP contribution in [-0.4, -0.2) is 68.7 Å². The van der Waals surface area contributed by atoms with Gasteiger partial charge in [0.25, 0.3) is 0 Å². The van der Waals surface area contributed by atoms with Gasteiger partial charge in [-0.05, 0) is 7.05 Å². The van der Waals surface area contributed by atoms with Gasteiger partial charge in [-0.3, -0.25) is 4.79 Å². The van der Waals surface area contributed by atoms with E-state index in [0.29, 0.717) is 13.2 Å². The molecular weight excluding hydrogens is 234 g/mol. The SMILES string of the molecule is CN1CCOC(CS(=O)(=O)CCC(=O)O)C1. The van der Waals surface area contributed by atoms with Gasteiger partial charge in [0, 0.05) is 13.1 Å². The normalized spacial score (nSPS) is 23.2. The molecule has 0 spiro atoms. The summed E-state index contributed by atoms with van der Waals surface area (Å²) >= 11 is 0. The van der Waals surface area contributed by atoms with E-state index in [1.54, 1.807) is 0 Å². The number of hydrogen-bond donors (Lipinski definition) is 1. The van der Waals surface area contributed by atoms with Crippen LogP contribution in [0.5, 0.6) is 0 Å². The maximum Gasteiger partial charge on any atom is 0.304 e. The summed E-state index contributed by atoms with van der Waals surface area (Å²) in [6.45, 7) is 1.90. The number of sulfone groups is 1. The summed E-state index contributed by atoms with van der Waals surface area (Å²) < 4.78 is 28.4. The van der Waals surface area contributed by atoms with Gasteiger partial charge >= 0.3 is 5.97 Å². The number of carboxylic acids is 1. The molecule has 6 nitrogen and oxygen atoms in total. The number of likely N-dealkylation sites (N-methyl/N-ethyl adjacent to an activating group) is 1. The van der Waals surface area contributed by atoms with Crippen LogP contribution in [0.3, 0.4) is 0 Å². The van der Waals surface area contributed by atoms with Crippen molar-refractivity contribution in [2.24, 2.45) is 0 Å². The number of carboxylic acid groups (broad SMARTS) is 1. The predicted octanol–water partition coefficient (Wildman–Crippen LogP) is -0.793. The zero-order valence-electron chi connectivity index (χ0n) is 9.26. The van der Waals surface area contributed by atoms with Gasteiger partial charge in [0.05, 0.1) is 30.6 Å². The molecule has 1 atom stereocenters. The minimum atomic E-state index is -3.33. The highest BCUT2D eigenvalue weighted by Gasteiger charge is 2.24. The molecule has 0 aromatic rings. The second-order valence-corrected chi connectivity index (χ2v) is 6.24. The van der Waals surface area contributed by atoms with E-state index < -0.39 is 15.8 Å². The Morgan fingerprint density at radius 1 is 1.56 bits per heavy atom. The maximum atomic E-state index is 11.5. The van der Waals surface area contributed by atoms with Crippen LogP contribution < -0.4 is 0 Å². The molecule has 0 bridgehead atoms. The topological polar surface area (TPSA) is 83.9 Å². The molecule has 7 heteroatoms. The molecule has 0 aromatic heterocycles. The molecule has 1 heterocycles. The molecule has 1 rings (SSSR count). The summed E-state index contributed by atoms with van der Waals surface area (Å²) in [7, 11) is -1.43. The molecule has 94 valence electrons. The van der Waals surface area contributed by atoms with Gasteiger partial charge < -0.3 is 14.7 Å².